The zero-order valence-corrected chi connectivity index (χ0v) is 11.4. The number of hydrogen-bond donors (Lipinski definition) is 1. The van der Waals surface area contributed by atoms with Gasteiger partial charge in [0.15, 0.2) is 11.5 Å². The minimum absolute atomic E-state index is 0.360. The van der Waals surface area contributed by atoms with Gasteiger partial charge in [0.2, 0.25) is 5.75 Å². The lowest BCUT2D eigenvalue weighted by Gasteiger charge is -2.17. The third-order valence-electron chi connectivity index (χ3n) is 3.13. The Morgan fingerprint density at radius 1 is 1.16 bits per heavy atom. The zero-order chi connectivity index (χ0) is 13.8. The summed E-state index contributed by atoms with van der Waals surface area (Å²) in [6.45, 7) is 0. The van der Waals surface area contributed by atoms with E-state index < -0.39 is 0 Å². The topological polar surface area (TPSA) is 63.5 Å². The SMILES string of the molecule is COc1cc(C(C#N)NC2CC2)cc(OC)c1OC. The van der Waals surface area contributed by atoms with Gasteiger partial charge in [-0.25, -0.2) is 0 Å². The van der Waals surface area contributed by atoms with Gasteiger partial charge in [-0.05, 0) is 30.5 Å². The summed E-state index contributed by atoms with van der Waals surface area (Å²) in [5.74, 6) is 1.67. The van der Waals surface area contributed by atoms with E-state index in [9.17, 15) is 5.26 Å². The van der Waals surface area contributed by atoms with Gasteiger partial charge in [-0.2, -0.15) is 5.26 Å². The summed E-state index contributed by atoms with van der Waals surface area (Å²) in [5.41, 5.74) is 0.823. The molecule has 1 aromatic rings. The van der Waals surface area contributed by atoms with Crippen molar-refractivity contribution in [1.29, 1.82) is 5.26 Å². The third kappa shape index (κ3) is 2.91. The largest absolute Gasteiger partial charge is 0.493 e. The van der Waals surface area contributed by atoms with E-state index >= 15 is 0 Å². The van der Waals surface area contributed by atoms with Crippen molar-refractivity contribution in [3.63, 3.8) is 0 Å². The Morgan fingerprint density at radius 2 is 1.74 bits per heavy atom. The predicted molar refractivity (Wildman–Crippen MR) is 70.6 cm³/mol. The minimum Gasteiger partial charge on any atom is -0.493 e. The molecule has 0 spiro atoms. The summed E-state index contributed by atoms with van der Waals surface area (Å²) >= 11 is 0. The molecule has 0 radical (unpaired) electrons. The Labute approximate surface area is 113 Å². The van der Waals surface area contributed by atoms with Crippen LogP contribution < -0.4 is 19.5 Å². The Morgan fingerprint density at radius 3 is 2.11 bits per heavy atom. The fraction of sp³-hybridized carbons (Fsp3) is 0.500. The minimum atomic E-state index is -0.360. The molecule has 1 aliphatic rings. The molecule has 5 nitrogen and oxygen atoms in total. The number of nitrogens with zero attached hydrogens (tertiary/aromatic N) is 1. The van der Waals surface area contributed by atoms with Gasteiger partial charge in [0.1, 0.15) is 6.04 Å². The standard InChI is InChI=1S/C14H18N2O3/c1-17-12-6-9(7-13(18-2)14(12)19-3)11(8-15)16-10-4-5-10/h6-7,10-11,16H,4-5H2,1-3H3. The van der Waals surface area contributed by atoms with Crippen molar-refractivity contribution in [2.45, 2.75) is 24.9 Å². The van der Waals surface area contributed by atoms with E-state index in [0.29, 0.717) is 23.3 Å². The molecule has 0 bridgehead atoms. The van der Waals surface area contributed by atoms with E-state index in [2.05, 4.69) is 11.4 Å². The van der Waals surface area contributed by atoms with Gasteiger partial charge in [0, 0.05) is 6.04 Å². The molecule has 1 atom stereocenters. The lowest BCUT2D eigenvalue weighted by molar-refractivity contribution is 0.323. The van der Waals surface area contributed by atoms with Crippen LogP contribution in [0.1, 0.15) is 24.4 Å². The van der Waals surface area contributed by atoms with Crippen molar-refractivity contribution in [2.24, 2.45) is 0 Å². The number of ether oxygens (including phenoxy) is 3. The second-order valence-electron chi connectivity index (χ2n) is 4.46. The van der Waals surface area contributed by atoms with Crippen LogP contribution in [0, 0.1) is 11.3 Å². The quantitative estimate of drug-likeness (QED) is 0.849. The predicted octanol–water partition coefficient (Wildman–Crippen LogP) is 2.03. The first-order valence-electron chi connectivity index (χ1n) is 6.19. The number of nitrogens with one attached hydrogen (secondary N) is 1. The van der Waals surface area contributed by atoms with E-state index in [1.807, 2.05) is 12.1 Å². The fourth-order valence-corrected chi connectivity index (χ4v) is 1.96. The molecular weight excluding hydrogens is 244 g/mol. The molecule has 102 valence electrons. The summed E-state index contributed by atoms with van der Waals surface area (Å²) in [6, 6.07) is 5.97. The van der Waals surface area contributed by atoms with Crippen LogP contribution in [0.4, 0.5) is 0 Å². The molecule has 1 unspecified atom stereocenters. The van der Waals surface area contributed by atoms with Gasteiger partial charge in [-0.1, -0.05) is 0 Å². The summed E-state index contributed by atoms with van der Waals surface area (Å²) in [5, 5.41) is 12.6. The molecule has 19 heavy (non-hydrogen) atoms. The first-order valence-corrected chi connectivity index (χ1v) is 6.19. The Hall–Kier alpha value is -1.93. The van der Waals surface area contributed by atoms with Crippen LogP contribution in [0.5, 0.6) is 17.2 Å². The molecule has 2 rings (SSSR count). The maximum Gasteiger partial charge on any atom is 0.203 e. The highest BCUT2D eigenvalue weighted by Gasteiger charge is 2.26. The van der Waals surface area contributed by atoms with E-state index in [1.54, 1.807) is 21.3 Å². The second kappa shape index (κ2) is 5.81. The molecule has 0 heterocycles. The van der Waals surface area contributed by atoms with Crippen molar-refractivity contribution in [3.05, 3.63) is 17.7 Å². The highest BCUT2D eigenvalue weighted by atomic mass is 16.5. The van der Waals surface area contributed by atoms with Crippen LogP contribution in [0.25, 0.3) is 0 Å². The Kier molecular flexibility index (Phi) is 4.13. The van der Waals surface area contributed by atoms with Crippen molar-refractivity contribution in [1.82, 2.24) is 5.32 Å². The van der Waals surface area contributed by atoms with Crippen molar-refractivity contribution in [3.8, 4) is 23.3 Å². The van der Waals surface area contributed by atoms with Crippen LogP contribution in [0.2, 0.25) is 0 Å². The Balaban J connectivity index is 2.36. The third-order valence-corrected chi connectivity index (χ3v) is 3.13. The van der Waals surface area contributed by atoms with E-state index in [0.717, 1.165) is 18.4 Å². The maximum atomic E-state index is 9.28. The molecular formula is C14H18N2O3. The van der Waals surface area contributed by atoms with Crippen LogP contribution in [-0.2, 0) is 0 Å². The second-order valence-corrected chi connectivity index (χ2v) is 4.46. The van der Waals surface area contributed by atoms with Gasteiger partial charge in [0.05, 0.1) is 27.4 Å². The zero-order valence-electron chi connectivity index (χ0n) is 11.4. The van der Waals surface area contributed by atoms with Gasteiger partial charge >= 0.3 is 0 Å². The lowest BCUT2D eigenvalue weighted by Crippen LogP contribution is -2.22. The van der Waals surface area contributed by atoms with Crippen molar-refractivity contribution >= 4 is 0 Å². The highest BCUT2D eigenvalue weighted by Crippen LogP contribution is 2.40. The van der Waals surface area contributed by atoms with Gasteiger partial charge in [0.25, 0.3) is 0 Å². The normalized spacial score (nSPS) is 15.5. The first-order chi connectivity index (χ1) is 9.23. The molecule has 5 heteroatoms. The summed E-state index contributed by atoms with van der Waals surface area (Å²) < 4.78 is 15.9. The maximum absolute atomic E-state index is 9.28. The monoisotopic (exact) mass is 262 g/mol. The lowest BCUT2D eigenvalue weighted by atomic mass is 10.1. The van der Waals surface area contributed by atoms with E-state index in [1.165, 1.54) is 0 Å². The van der Waals surface area contributed by atoms with Crippen LogP contribution in [0.15, 0.2) is 12.1 Å². The molecule has 1 aliphatic carbocycles. The highest BCUT2D eigenvalue weighted by molar-refractivity contribution is 5.55. The first kappa shape index (κ1) is 13.5. The van der Waals surface area contributed by atoms with Crippen LogP contribution in [0.3, 0.4) is 0 Å². The van der Waals surface area contributed by atoms with Crippen LogP contribution in [-0.4, -0.2) is 27.4 Å². The number of benzene rings is 1. The smallest absolute Gasteiger partial charge is 0.203 e. The van der Waals surface area contributed by atoms with Crippen molar-refractivity contribution in [2.75, 3.05) is 21.3 Å². The molecule has 0 amide bonds. The molecule has 0 saturated heterocycles. The summed E-state index contributed by atoms with van der Waals surface area (Å²) in [6.07, 6.45) is 2.26. The summed E-state index contributed by atoms with van der Waals surface area (Å²) in [7, 11) is 4.69. The number of hydrogen-bond acceptors (Lipinski definition) is 5. The van der Waals surface area contributed by atoms with Crippen LogP contribution >= 0.6 is 0 Å². The molecule has 1 N–H and O–H groups in total. The molecule has 1 fully saturated rings. The van der Waals surface area contributed by atoms with Gasteiger partial charge in [-0.3, -0.25) is 5.32 Å². The Bertz CT molecular complexity index is 467. The van der Waals surface area contributed by atoms with E-state index in [-0.39, 0.29) is 6.04 Å². The molecule has 1 aromatic carbocycles. The average molecular weight is 262 g/mol. The fourth-order valence-electron chi connectivity index (χ4n) is 1.96. The van der Waals surface area contributed by atoms with E-state index in [4.69, 9.17) is 14.2 Å². The average Bonchev–Trinajstić information content (AvgIpc) is 3.27. The van der Waals surface area contributed by atoms with Gasteiger partial charge in [-0.15, -0.1) is 0 Å². The molecule has 1 saturated carbocycles. The number of nitriles is 1. The number of methoxy groups -OCH3 is 3. The van der Waals surface area contributed by atoms with Gasteiger partial charge < -0.3 is 14.2 Å². The molecule has 0 aromatic heterocycles. The number of rotatable bonds is 6. The summed E-state index contributed by atoms with van der Waals surface area (Å²) in [4.78, 5) is 0. The van der Waals surface area contributed by atoms with Crippen molar-refractivity contribution < 1.29 is 14.2 Å². The molecule has 0 aliphatic heterocycles.